The van der Waals surface area contributed by atoms with E-state index in [4.69, 9.17) is 27.9 Å². The highest BCUT2D eigenvalue weighted by atomic mass is 35.5. The number of halogens is 2. The molecule has 36 heavy (non-hydrogen) atoms. The highest BCUT2D eigenvalue weighted by Gasteiger charge is 2.53. The lowest BCUT2D eigenvalue weighted by atomic mass is 9.60. The van der Waals surface area contributed by atoms with Gasteiger partial charge in [-0.1, -0.05) is 60.8 Å². The van der Waals surface area contributed by atoms with Crippen molar-refractivity contribution >= 4 is 35.1 Å². The van der Waals surface area contributed by atoms with Crippen LogP contribution < -0.4 is 5.32 Å². The molecule has 4 atom stereocenters. The van der Waals surface area contributed by atoms with Gasteiger partial charge in [-0.05, 0) is 74.9 Å². The summed E-state index contributed by atoms with van der Waals surface area (Å²) in [5, 5.41) is 13.8. The van der Waals surface area contributed by atoms with E-state index in [9.17, 15) is 14.9 Å². The summed E-state index contributed by atoms with van der Waals surface area (Å²) in [5.41, 5.74) is 0.208. The molecule has 2 aromatic rings. The molecule has 0 unspecified atom stereocenters. The molecule has 1 aliphatic rings. The standard InChI is InChI=1S/C29H34Cl2N2O3/c1-5-21(9-7-15-32)29(18-25(34)36-28(2,3)4)17-24(20-8-6-10-23(31)16-20)26(33-27(29)35)19-11-13-22(30)14-12-19/h6,8,10-14,16,21,24,26H,5,7,9,17-18H2,1-4H3,(H,33,35)/t21-,24+,26+,29+/m0/s1. The number of nitrogens with one attached hydrogen (secondary N) is 1. The molecule has 0 aliphatic carbocycles. The van der Waals surface area contributed by atoms with Crippen LogP contribution in [0.1, 0.15) is 82.9 Å². The molecule has 1 saturated heterocycles. The molecule has 0 saturated carbocycles. The fraction of sp³-hybridized carbons (Fsp3) is 0.483. The van der Waals surface area contributed by atoms with E-state index in [-0.39, 0.29) is 30.2 Å². The van der Waals surface area contributed by atoms with Gasteiger partial charge >= 0.3 is 5.97 Å². The second-order valence-electron chi connectivity index (χ2n) is 10.6. The number of amides is 1. The van der Waals surface area contributed by atoms with E-state index in [0.29, 0.717) is 35.7 Å². The Labute approximate surface area is 224 Å². The molecule has 0 aromatic heterocycles. The number of nitrogens with zero attached hydrogens (tertiary/aromatic N) is 1. The smallest absolute Gasteiger partial charge is 0.307 e. The lowest BCUT2D eigenvalue weighted by Crippen LogP contribution is -2.55. The molecule has 0 radical (unpaired) electrons. The Kier molecular flexibility index (Phi) is 9.08. The largest absolute Gasteiger partial charge is 0.460 e. The minimum Gasteiger partial charge on any atom is -0.460 e. The van der Waals surface area contributed by atoms with Crippen LogP contribution in [-0.2, 0) is 14.3 Å². The number of esters is 1. The number of carbonyl (C=O) groups is 2. The molecule has 1 heterocycles. The number of ether oxygens (including phenoxy) is 1. The molecular weight excluding hydrogens is 495 g/mol. The first-order valence-electron chi connectivity index (χ1n) is 12.4. The lowest BCUT2D eigenvalue weighted by Gasteiger charge is -2.48. The number of benzene rings is 2. The van der Waals surface area contributed by atoms with E-state index in [1.165, 1.54) is 0 Å². The van der Waals surface area contributed by atoms with Crippen LogP contribution in [0.15, 0.2) is 48.5 Å². The highest BCUT2D eigenvalue weighted by Crippen LogP contribution is 2.52. The molecule has 1 amide bonds. The van der Waals surface area contributed by atoms with E-state index >= 15 is 0 Å². The molecule has 192 valence electrons. The summed E-state index contributed by atoms with van der Waals surface area (Å²) >= 11 is 12.5. The van der Waals surface area contributed by atoms with Crippen molar-refractivity contribution in [1.29, 1.82) is 5.26 Å². The number of nitriles is 1. The monoisotopic (exact) mass is 528 g/mol. The molecule has 2 aromatic carbocycles. The van der Waals surface area contributed by atoms with Crippen LogP contribution in [0.3, 0.4) is 0 Å². The van der Waals surface area contributed by atoms with Gasteiger partial charge in [0.05, 0.1) is 23.9 Å². The van der Waals surface area contributed by atoms with Crippen LogP contribution in [0.5, 0.6) is 0 Å². The van der Waals surface area contributed by atoms with Gasteiger partial charge in [-0.25, -0.2) is 0 Å². The third kappa shape index (κ3) is 6.60. The predicted molar refractivity (Wildman–Crippen MR) is 143 cm³/mol. The molecule has 1 N–H and O–H groups in total. The van der Waals surface area contributed by atoms with Gasteiger partial charge in [0.2, 0.25) is 5.91 Å². The number of carbonyl (C=O) groups excluding carboxylic acids is 2. The summed E-state index contributed by atoms with van der Waals surface area (Å²) in [4.78, 5) is 27.2. The molecule has 3 rings (SSSR count). The van der Waals surface area contributed by atoms with Crippen LogP contribution in [-0.4, -0.2) is 17.5 Å². The number of piperidine rings is 1. The number of hydrogen-bond donors (Lipinski definition) is 1. The summed E-state index contributed by atoms with van der Waals surface area (Å²) in [5.74, 6) is -0.919. The Morgan fingerprint density at radius 3 is 2.44 bits per heavy atom. The number of rotatable bonds is 8. The predicted octanol–water partition coefficient (Wildman–Crippen LogP) is 7.39. The Morgan fingerprint density at radius 2 is 1.86 bits per heavy atom. The van der Waals surface area contributed by atoms with E-state index in [1.54, 1.807) is 0 Å². The molecule has 1 aliphatic heterocycles. The fourth-order valence-electron chi connectivity index (χ4n) is 5.42. The van der Waals surface area contributed by atoms with Gasteiger partial charge in [0.15, 0.2) is 0 Å². The summed E-state index contributed by atoms with van der Waals surface area (Å²) < 4.78 is 5.68. The SMILES string of the molecule is CC[C@@H](CCC#N)[C@]1(CC(=O)OC(C)(C)C)C[C@H](c2cccc(Cl)c2)[C@@H](c2ccc(Cl)cc2)NC1=O. The van der Waals surface area contributed by atoms with Gasteiger partial charge < -0.3 is 10.1 Å². The molecule has 0 bridgehead atoms. The van der Waals surface area contributed by atoms with Gasteiger partial charge in [-0.2, -0.15) is 5.26 Å². The van der Waals surface area contributed by atoms with Crippen LogP contribution >= 0.6 is 23.2 Å². The molecule has 7 heteroatoms. The normalized spacial score (nSPS) is 22.9. The molecule has 1 fully saturated rings. The van der Waals surface area contributed by atoms with Crippen LogP contribution in [0.4, 0.5) is 0 Å². The fourth-order valence-corrected chi connectivity index (χ4v) is 5.74. The second-order valence-corrected chi connectivity index (χ2v) is 11.5. The summed E-state index contributed by atoms with van der Waals surface area (Å²) in [7, 11) is 0. The van der Waals surface area contributed by atoms with Crippen LogP contribution in [0.2, 0.25) is 10.0 Å². The van der Waals surface area contributed by atoms with Crippen molar-refractivity contribution in [3.8, 4) is 6.07 Å². The molecular formula is C29H34Cl2N2O3. The Morgan fingerprint density at radius 1 is 1.17 bits per heavy atom. The first kappa shape index (κ1) is 28.0. The van der Waals surface area contributed by atoms with Crippen molar-refractivity contribution in [2.24, 2.45) is 11.3 Å². The third-order valence-electron chi connectivity index (χ3n) is 6.99. The average Bonchev–Trinajstić information content (AvgIpc) is 2.80. The minimum absolute atomic E-state index is 0.0511. The molecule has 0 spiro atoms. The van der Waals surface area contributed by atoms with Gasteiger partial charge in [0.1, 0.15) is 5.60 Å². The minimum atomic E-state index is -1.02. The Bertz CT molecular complexity index is 1120. The quantitative estimate of drug-likeness (QED) is 0.362. The van der Waals surface area contributed by atoms with E-state index in [1.807, 2.05) is 76.2 Å². The van der Waals surface area contributed by atoms with Crippen molar-refractivity contribution < 1.29 is 14.3 Å². The van der Waals surface area contributed by atoms with Crippen molar-refractivity contribution in [3.05, 3.63) is 69.7 Å². The zero-order valence-corrected chi connectivity index (χ0v) is 22.8. The third-order valence-corrected chi connectivity index (χ3v) is 7.48. The first-order chi connectivity index (χ1) is 17.0. The zero-order chi connectivity index (χ0) is 26.5. The Balaban J connectivity index is 2.12. The first-order valence-corrected chi connectivity index (χ1v) is 13.2. The van der Waals surface area contributed by atoms with Gasteiger partial charge in [0, 0.05) is 22.4 Å². The van der Waals surface area contributed by atoms with E-state index < -0.39 is 17.0 Å². The highest BCUT2D eigenvalue weighted by molar-refractivity contribution is 6.30. The maximum atomic E-state index is 14.0. The number of hydrogen-bond acceptors (Lipinski definition) is 4. The lowest BCUT2D eigenvalue weighted by molar-refractivity contribution is -0.164. The van der Waals surface area contributed by atoms with E-state index in [2.05, 4.69) is 11.4 Å². The molecule has 5 nitrogen and oxygen atoms in total. The van der Waals surface area contributed by atoms with Crippen LogP contribution in [0, 0.1) is 22.7 Å². The van der Waals surface area contributed by atoms with Gasteiger partial charge in [0.25, 0.3) is 0 Å². The average molecular weight is 530 g/mol. The maximum Gasteiger partial charge on any atom is 0.307 e. The van der Waals surface area contributed by atoms with Crippen molar-refractivity contribution in [1.82, 2.24) is 5.32 Å². The zero-order valence-electron chi connectivity index (χ0n) is 21.3. The Hall–Kier alpha value is -2.55. The second kappa shape index (κ2) is 11.7. The van der Waals surface area contributed by atoms with Crippen molar-refractivity contribution in [2.45, 2.75) is 77.4 Å². The maximum absolute atomic E-state index is 14.0. The van der Waals surface area contributed by atoms with Crippen molar-refractivity contribution in [3.63, 3.8) is 0 Å². The van der Waals surface area contributed by atoms with Crippen molar-refractivity contribution in [2.75, 3.05) is 0 Å². The summed E-state index contributed by atoms with van der Waals surface area (Å²) in [6.07, 6.45) is 1.87. The van der Waals surface area contributed by atoms with Gasteiger partial charge in [-0.3, -0.25) is 9.59 Å². The topological polar surface area (TPSA) is 79.2 Å². The van der Waals surface area contributed by atoms with Gasteiger partial charge in [-0.15, -0.1) is 0 Å². The van der Waals surface area contributed by atoms with Crippen LogP contribution in [0.25, 0.3) is 0 Å². The van der Waals surface area contributed by atoms with E-state index in [0.717, 1.165) is 11.1 Å². The summed E-state index contributed by atoms with van der Waals surface area (Å²) in [6, 6.07) is 17.0. The summed E-state index contributed by atoms with van der Waals surface area (Å²) in [6.45, 7) is 7.45.